The number of carbonyl (C=O) groups excluding carboxylic acids is 2. The number of aliphatic hydroxyl groups excluding tert-OH is 1. The van der Waals surface area contributed by atoms with Crippen molar-refractivity contribution in [3.05, 3.63) is 64.2 Å². The molecule has 2 amide bonds. The lowest BCUT2D eigenvalue weighted by molar-refractivity contribution is 0.0924. The summed E-state index contributed by atoms with van der Waals surface area (Å²) in [7, 11) is 0. The maximum absolute atomic E-state index is 13.1. The Morgan fingerprint density at radius 1 is 0.880 bits per heavy atom. The zero-order valence-corrected chi connectivity index (χ0v) is 15.0. The number of fused-ring (bicyclic) bond motifs is 1. The van der Waals surface area contributed by atoms with E-state index in [1.807, 2.05) is 18.2 Å². The second-order valence-electron chi connectivity index (χ2n) is 7.04. The molecule has 0 saturated carbocycles. The van der Waals surface area contributed by atoms with E-state index in [2.05, 4.69) is 27.7 Å². The predicted octanol–water partition coefficient (Wildman–Crippen LogP) is 4.23. The van der Waals surface area contributed by atoms with Crippen molar-refractivity contribution in [2.45, 2.75) is 46.1 Å². The van der Waals surface area contributed by atoms with Gasteiger partial charge in [-0.25, -0.2) is 4.90 Å². The first kappa shape index (κ1) is 17.4. The number of amides is 2. The average Bonchev–Trinajstić information content (AvgIpc) is 2.85. The Balaban J connectivity index is 2.25. The Morgan fingerprint density at radius 3 is 1.96 bits per heavy atom. The lowest BCUT2D eigenvalue weighted by Gasteiger charge is -2.25. The number of anilines is 1. The van der Waals surface area contributed by atoms with Gasteiger partial charge in [0.05, 0.1) is 23.4 Å². The number of rotatable bonds is 4. The van der Waals surface area contributed by atoms with Crippen molar-refractivity contribution in [1.29, 1.82) is 0 Å². The number of aliphatic hydroxyl groups is 1. The van der Waals surface area contributed by atoms with Crippen LogP contribution < -0.4 is 4.90 Å². The molecular weight excluding hydrogens is 314 g/mol. The van der Waals surface area contributed by atoms with Crippen LogP contribution in [0.5, 0.6) is 0 Å². The summed E-state index contributed by atoms with van der Waals surface area (Å²) in [6.07, 6.45) is 0. The van der Waals surface area contributed by atoms with Gasteiger partial charge in [0.15, 0.2) is 0 Å². The summed E-state index contributed by atoms with van der Waals surface area (Å²) in [6, 6.07) is 11.0. The molecule has 3 rings (SSSR count). The van der Waals surface area contributed by atoms with Crippen LogP contribution in [0.4, 0.5) is 5.69 Å². The summed E-state index contributed by atoms with van der Waals surface area (Å²) in [5.74, 6) is -0.310. The molecule has 0 fully saturated rings. The summed E-state index contributed by atoms with van der Waals surface area (Å²) < 4.78 is 0. The van der Waals surface area contributed by atoms with E-state index in [9.17, 15) is 14.7 Å². The molecule has 1 N–H and O–H groups in total. The van der Waals surface area contributed by atoms with Crippen LogP contribution >= 0.6 is 0 Å². The number of carbonyl (C=O) groups is 2. The van der Waals surface area contributed by atoms with Crippen LogP contribution in [0.3, 0.4) is 0 Å². The number of para-hydroxylation sites is 1. The summed E-state index contributed by atoms with van der Waals surface area (Å²) in [5, 5.41) is 9.57. The number of hydrogen-bond acceptors (Lipinski definition) is 3. The van der Waals surface area contributed by atoms with Crippen LogP contribution in [0, 0.1) is 0 Å². The van der Waals surface area contributed by atoms with E-state index in [4.69, 9.17) is 0 Å². The van der Waals surface area contributed by atoms with Gasteiger partial charge in [-0.3, -0.25) is 9.59 Å². The van der Waals surface area contributed by atoms with E-state index in [0.717, 1.165) is 11.1 Å². The highest BCUT2D eigenvalue weighted by Crippen LogP contribution is 2.40. The van der Waals surface area contributed by atoms with Crippen molar-refractivity contribution in [3.8, 4) is 0 Å². The quantitative estimate of drug-likeness (QED) is 0.850. The highest BCUT2D eigenvalue weighted by Gasteiger charge is 2.40. The lowest BCUT2D eigenvalue weighted by atomic mass is 9.92. The molecule has 0 radical (unpaired) electrons. The Labute approximate surface area is 148 Å². The van der Waals surface area contributed by atoms with E-state index in [1.165, 1.54) is 4.90 Å². The summed E-state index contributed by atoms with van der Waals surface area (Å²) in [6.45, 7) is 7.96. The molecule has 0 aliphatic carbocycles. The Hall–Kier alpha value is -2.46. The normalized spacial score (nSPS) is 14.0. The fourth-order valence-electron chi connectivity index (χ4n) is 3.46. The maximum atomic E-state index is 13.1. The number of hydrogen-bond donors (Lipinski definition) is 1. The van der Waals surface area contributed by atoms with Gasteiger partial charge in [-0.15, -0.1) is 0 Å². The van der Waals surface area contributed by atoms with Gasteiger partial charge in [0.2, 0.25) is 0 Å². The third kappa shape index (κ3) is 2.67. The molecule has 2 aromatic carbocycles. The summed E-state index contributed by atoms with van der Waals surface area (Å²) in [5.41, 5.74) is 3.83. The summed E-state index contributed by atoms with van der Waals surface area (Å²) >= 11 is 0. The minimum Gasteiger partial charge on any atom is -0.392 e. The van der Waals surface area contributed by atoms with Gasteiger partial charge < -0.3 is 5.11 Å². The van der Waals surface area contributed by atoms with E-state index < -0.39 is 0 Å². The number of imide groups is 1. The highest BCUT2D eigenvalue weighted by atomic mass is 16.3. The molecule has 0 atom stereocenters. The first-order chi connectivity index (χ1) is 11.9. The third-order valence-corrected chi connectivity index (χ3v) is 4.74. The van der Waals surface area contributed by atoms with Crippen molar-refractivity contribution in [3.63, 3.8) is 0 Å². The smallest absolute Gasteiger partial charge is 0.266 e. The molecule has 1 aliphatic rings. The largest absolute Gasteiger partial charge is 0.392 e. The van der Waals surface area contributed by atoms with Gasteiger partial charge in [0, 0.05) is 0 Å². The molecule has 0 saturated heterocycles. The first-order valence-electron chi connectivity index (χ1n) is 8.62. The molecular formula is C21H23NO3. The third-order valence-electron chi connectivity index (χ3n) is 4.74. The van der Waals surface area contributed by atoms with Gasteiger partial charge in [-0.05, 0) is 34.6 Å². The van der Waals surface area contributed by atoms with Crippen molar-refractivity contribution in [2.24, 2.45) is 0 Å². The summed E-state index contributed by atoms with van der Waals surface area (Å²) in [4.78, 5) is 27.5. The van der Waals surface area contributed by atoms with Crippen molar-refractivity contribution >= 4 is 17.5 Å². The molecule has 4 heteroatoms. The molecule has 0 bridgehead atoms. The number of benzene rings is 2. The molecule has 0 spiro atoms. The monoisotopic (exact) mass is 337 g/mol. The standard InChI is InChI=1S/C21H23NO3/c1-12(2)15-8-6-9-16(13(3)4)19(15)22-20(24)17-10-5-7-14(11-23)18(17)21(22)25/h5-10,12-13,23H,11H2,1-4H3. The molecule has 0 unspecified atom stereocenters. The van der Waals surface area contributed by atoms with Gasteiger partial charge in [-0.1, -0.05) is 58.0 Å². The fourth-order valence-corrected chi connectivity index (χ4v) is 3.46. The van der Waals surface area contributed by atoms with Crippen LogP contribution in [0.2, 0.25) is 0 Å². The fraction of sp³-hybridized carbons (Fsp3) is 0.333. The van der Waals surface area contributed by atoms with E-state index in [-0.39, 0.29) is 30.3 Å². The highest BCUT2D eigenvalue weighted by molar-refractivity contribution is 6.35. The van der Waals surface area contributed by atoms with Crippen molar-refractivity contribution < 1.29 is 14.7 Å². The van der Waals surface area contributed by atoms with E-state index >= 15 is 0 Å². The predicted molar refractivity (Wildman–Crippen MR) is 98.1 cm³/mol. The van der Waals surface area contributed by atoms with E-state index in [1.54, 1.807) is 18.2 Å². The molecule has 25 heavy (non-hydrogen) atoms. The van der Waals surface area contributed by atoms with Gasteiger partial charge in [0.25, 0.3) is 11.8 Å². The van der Waals surface area contributed by atoms with Gasteiger partial charge in [0.1, 0.15) is 0 Å². The van der Waals surface area contributed by atoms with Gasteiger partial charge in [-0.2, -0.15) is 0 Å². The number of nitrogens with zero attached hydrogens (tertiary/aromatic N) is 1. The van der Waals surface area contributed by atoms with E-state index in [0.29, 0.717) is 22.4 Å². The zero-order valence-electron chi connectivity index (χ0n) is 15.0. The lowest BCUT2D eigenvalue weighted by Crippen LogP contribution is -2.32. The molecule has 2 aromatic rings. The Bertz CT molecular complexity index is 826. The minimum absolute atomic E-state index is 0.176. The minimum atomic E-state index is -0.348. The molecule has 130 valence electrons. The second-order valence-corrected chi connectivity index (χ2v) is 7.04. The van der Waals surface area contributed by atoms with Crippen LogP contribution in [0.25, 0.3) is 0 Å². The molecule has 4 nitrogen and oxygen atoms in total. The van der Waals surface area contributed by atoms with Crippen LogP contribution in [0.15, 0.2) is 36.4 Å². The first-order valence-corrected chi connectivity index (χ1v) is 8.62. The Kier molecular flexibility index (Phi) is 4.48. The molecule has 0 aromatic heterocycles. The maximum Gasteiger partial charge on any atom is 0.266 e. The second kappa shape index (κ2) is 6.45. The molecule has 1 heterocycles. The Morgan fingerprint density at radius 2 is 1.44 bits per heavy atom. The van der Waals surface area contributed by atoms with Crippen molar-refractivity contribution in [2.75, 3.05) is 4.90 Å². The molecule has 1 aliphatic heterocycles. The zero-order chi connectivity index (χ0) is 18.3. The van der Waals surface area contributed by atoms with Crippen LogP contribution in [-0.4, -0.2) is 16.9 Å². The van der Waals surface area contributed by atoms with Crippen LogP contribution in [-0.2, 0) is 6.61 Å². The van der Waals surface area contributed by atoms with Crippen molar-refractivity contribution in [1.82, 2.24) is 0 Å². The van der Waals surface area contributed by atoms with Gasteiger partial charge >= 0.3 is 0 Å². The average molecular weight is 337 g/mol. The van der Waals surface area contributed by atoms with Crippen LogP contribution in [0.1, 0.15) is 76.9 Å². The topological polar surface area (TPSA) is 57.6 Å². The SMILES string of the molecule is CC(C)c1cccc(C(C)C)c1N1C(=O)c2cccc(CO)c2C1=O.